The Morgan fingerprint density at radius 1 is 1.17 bits per heavy atom. The average Bonchev–Trinajstić information content (AvgIpc) is 2.74. The van der Waals surface area contributed by atoms with Gasteiger partial charge in [-0.2, -0.15) is 0 Å². The van der Waals surface area contributed by atoms with E-state index in [9.17, 15) is 24.1 Å². The van der Waals surface area contributed by atoms with Crippen LogP contribution in [0, 0.1) is 15.9 Å². The van der Waals surface area contributed by atoms with Crippen molar-refractivity contribution in [2.45, 2.75) is 12.5 Å². The van der Waals surface area contributed by atoms with Crippen LogP contribution >= 0.6 is 0 Å². The topological polar surface area (TPSA) is 93.0 Å². The molecule has 2 aromatic rings. The second-order valence-corrected chi connectivity index (χ2v) is 6.84. The number of amides is 2. The molecule has 2 amide bonds. The van der Waals surface area contributed by atoms with Crippen molar-refractivity contribution >= 4 is 23.6 Å². The Bertz CT molecular complexity index is 1040. The first kappa shape index (κ1) is 21.0. The first-order valence-corrected chi connectivity index (χ1v) is 9.07. The fraction of sp³-hybridized carbons (Fsp3) is 0.238. The molecule has 0 bridgehead atoms. The zero-order chi connectivity index (χ0) is 22.0. The summed E-state index contributed by atoms with van der Waals surface area (Å²) in [7, 11) is 4.30. The van der Waals surface area contributed by atoms with Crippen LogP contribution in [-0.4, -0.2) is 53.8 Å². The molecule has 1 aliphatic rings. The Morgan fingerprint density at radius 2 is 1.83 bits per heavy atom. The molecule has 30 heavy (non-hydrogen) atoms. The summed E-state index contributed by atoms with van der Waals surface area (Å²) in [5.74, 6) is -1.00. The predicted octanol–water partition coefficient (Wildman–Crippen LogP) is 2.63. The maximum atomic E-state index is 13.1. The Balaban J connectivity index is 1.98. The van der Waals surface area contributed by atoms with E-state index in [0.717, 1.165) is 0 Å². The van der Waals surface area contributed by atoms with Crippen molar-refractivity contribution in [2.24, 2.45) is 0 Å². The monoisotopic (exact) mass is 413 g/mol. The molecule has 0 aromatic heterocycles. The highest BCUT2D eigenvalue weighted by molar-refractivity contribution is 6.07. The van der Waals surface area contributed by atoms with Crippen LogP contribution in [0.5, 0.6) is 5.75 Å². The van der Waals surface area contributed by atoms with Gasteiger partial charge in [0.25, 0.3) is 11.6 Å². The van der Waals surface area contributed by atoms with Gasteiger partial charge in [0.2, 0.25) is 5.91 Å². The molecule has 1 aliphatic heterocycles. The number of carbonyl (C=O) groups is 2. The molecule has 0 spiro atoms. The van der Waals surface area contributed by atoms with Gasteiger partial charge in [-0.3, -0.25) is 19.7 Å². The van der Waals surface area contributed by atoms with Crippen molar-refractivity contribution in [2.75, 3.05) is 21.2 Å². The number of methoxy groups -OCH3 is 1. The standard InChI is InChI=1S/C21H20FN3O5/c1-23-17(11-13-7-9-14(22)10-8-13)20(26)24(2)18(21(23)27)12-15-16(25(28)29)5-4-6-19(15)30-3/h4-10,12,17H,11H2,1-3H3. The van der Waals surface area contributed by atoms with Crippen LogP contribution in [0.2, 0.25) is 0 Å². The molecule has 8 nitrogen and oxygen atoms in total. The third-order valence-electron chi connectivity index (χ3n) is 5.07. The van der Waals surface area contributed by atoms with E-state index in [2.05, 4.69) is 0 Å². The number of piperazine rings is 1. The van der Waals surface area contributed by atoms with E-state index in [1.807, 2.05) is 0 Å². The highest BCUT2D eigenvalue weighted by atomic mass is 19.1. The summed E-state index contributed by atoms with van der Waals surface area (Å²) in [6.07, 6.45) is 1.51. The first-order chi connectivity index (χ1) is 14.2. The maximum absolute atomic E-state index is 13.1. The van der Waals surface area contributed by atoms with Gasteiger partial charge in [-0.05, 0) is 29.8 Å². The van der Waals surface area contributed by atoms with Gasteiger partial charge in [0, 0.05) is 26.6 Å². The van der Waals surface area contributed by atoms with E-state index in [1.165, 1.54) is 67.4 Å². The summed E-state index contributed by atoms with van der Waals surface area (Å²) in [6, 6.07) is 9.23. The lowest BCUT2D eigenvalue weighted by atomic mass is 9.99. The largest absolute Gasteiger partial charge is 0.496 e. The molecule has 1 unspecified atom stereocenters. The summed E-state index contributed by atoms with van der Waals surface area (Å²) in [4.78, 5) is 39.3. The van der Waals surface area contributed by atoms with Crippen LogP contribution in [-0.2, 0) is 16.0 Å². The van der Waals surface area contributed by atoms with Crippen LogP contribution in [0.1, 0.15) is 11.1 Å². The van der Waals surface area contributed by atoms with Crippen LogP contribution in [0.4, 0.5) is 10.1 Å². The fourth-order valence-corrected chi connectivity index (χ4v) is 3.35. The Labute approximate surface area is 172 Å². The zero-order valence-electron chi connectivity index (χ0n) is 16.7. The number of likely N-dealkylation sites (N-methyl/N-ethyl adjacent to an activating group) is 2. The number of rotatable bonds is 5. The van der Waals surface area contributed by atoms with Crippen LogP contribution in [0.15, 0.2) is 48.2 Å². The van der Waals surface area contributed by atoms with Gasteiger partial charge in [0.05, 0.1) is 17.6 Å². The molecule has 2 aromatic carbocycles. The van der Waals surface area contributed by atoms with E-state index in [0.29, 0.717) is 5.56 Å². The van der Waals surface area contributed by atoms with Crippen LogP contribution in [0.25, 0.3) is 6.08 Å². The lowest BCUT2D eigenvalue weighted by molar-refractivity contribution is -0.385. The van der Waals surface area contributed by atoms with Crippen molar-refractivity contribution in [3.63, 3.8) is 0 Å². The van der Waals surface area contributed by atoms with Crippen molar-refractivity contribution < 1.29 is 23.6 Å². The van der Waals surface area contributed by atoms with Crippen LogP contribution in [0.3, 0.4) is 0 Å². The summed E-state index contributed by atoms with van der Waals surface area (Å²) in [5, 5.41) is 11.4. The maximum Gasteiger partial charge on any atom is 0.280 e. The molecule has 1 fully saturated rings. The molecule has 0 aliphatic carbocycles. The number of hydrogen-bond donors (Lipinski definition) is 0. The molecule has 0 N–H and O–H groups in total. The number of nitro groups is 1. The van der Waals surface area contributed by atoms with Gasteiger partial charge in [0.15, 0.2) is 0 Å². The molecular weight excluding hydrogens is 393 g/mol. The second kappa shape index (κ2) is 8.32. The smallest absolute Gasteiger partial charge is 0.280 e. The Hall–Kier alpha value is -3.75. The van der Waals surface area contributed by atoms with Crippen molar-refractivity contribution in [1.82, 2.24) is 9.80 Å². The number of nitro benzene ring substituents is 1. The van der Waals surface area contributed by atoms with Crippen molar-refractivity contribution in [1.29, 1.82) is 0 Å². The first-order valence-electron chi connectivity index (χ1n) is 9.07. The summed E-state index contributed by atoms with van der Waals surface area (Å²) >= 11 is 0. The normalized spacial score (nSPS) is 18.1. The Kier molecular flexibility index (Phi) is 5.81. The van der Waals surface area contributed by atoms with Gasteiger partial charge in [-0.25, -0.2) is 4.39 Å². The third kappa shape index (κ3) is 3.86. The number of ether oxygens (including phenoxy) is 1. The molecule has 9 heteroatoms. The van der Waals surface area contributed by atoms with Gasteiger partial charge in [0.1, 0.15) is 23.3 Å². The van der Waals surface area contributed by atoms with E-state index < -0.39 is 16.9 Å². The highest BCUT2D eigenvalue weighted by Gasteiger charge is 2.39. The summed E-state index contributed by atoms with van der Waals surface area (Å²) in [6.45, 7) is 0. The van der Waals surface area contributed by atoms with Gasteiger partial charge >= 0.3 is 0 Å². The number of hydrogen-bond acceptors (Lipinski definition) is 5. The van der Waals surface area contributed by atoms with Crippen molar-refractivity contribution in [3.05, 3.63) is 75.2 Å². The van der Waals surface area contributed by atoms with E-state index >= 15 is 0 Å². The Morgan fingerprint density at radius 3 is 2.43 bits per heavy atom. The minimum atomic E-state index is -0.780. The second-order valence-electron chi connectivity index (χ2n) is 6.84. The molecule has 1 heterocycles. The molecular formula is C21H20FN3O5. The lowest BCUT2D eigenvalue weighted by Gasteiger charge is -2.38. The van der Waals surface area contributed by atoms with Gasteiger partial charge in [-0.15, -0.1) is 0 Å². The molecule has 1 atom stereocenters. The molecule has 1 saturated heterocycles. The zero-order valence-corrected chi connectivity index (χ0v) is 16.7. The molecule has 0 radical (unpaired) electrons. The fourth-order valence-electron chi connectivity index (χ4n) is 3.35. The average molecular weight is 413 g/mol. The quantitative estimate of drug-likeness (QED) is 0.427. The number of nitrogens with zero attached hydrogens (tertiary/aromatic N) is 3. The van der Waals surface area contributed by atoms with E-state index in [4.69, 9.17) is 4.74 Å². The number of halogens is 1. The van der Waals surface area contributed by atoms with Crippen molar-refractivity contribution in [3.8, 4) is 5.75 Å². The molecule has 156 valence electrons. The molecule has 3 rings (SSSR count). The predicted molar refractivity (Wildman–Crippen MR) is 107 cm³/mol. The number of carbonyl (C=O) groups excluding carboxylic acids is 2. The summed E-state index contributed by atoms with van der Waals surface area (Å²) in [5.41, 5.74) is 0.547. The lowest BCUT2D eigenvalue weighted by Crippen LogP contribution is -2.56. The van der Waals surface area contributed by atoms with E-state index in [-0.39, 0.29) is 40.8 Å². The van der Waals surface area contributed by atoms with Gasteiger partial charge < -0.3 is 14.5 Å². The summed E-state index contributed by atoms with van der Waals surface area (Å²) < 4.78 is 18.4. The molecule has 0 saturated carbocycles. The third-order valence-corrected chi connectivity index (χ3v) is 5.07. The highest BCUT2D eigenvalue weighted by Crippen LogP contribution is 2.32. The van der Waals surface area contributed by atoms with E-state index in [1.54, 1.807) is 12.1 Å². The van der Waals surface area contributed by atoms with Gasteiger partial charge in [-0.1, -0.05) is 18.2 Å². The number of benzene rings is 2. The minimum absolute atomic E-state index is 0.00884. The minimum Gasteiger partial charge on any atom is -0.496 e. The van der Waals surface area contributed by atoms with Crippen LogP contribution < -0.4 is 4.74 Å². The SMILES string of the molecule is COc1cccc([N+](=O)[O-])c1C=C1C(=O)N(C)C(Cc2ccc(F)cc2)C(=O)N1C.